The number of hydrogen-bond donors (Lipinski definition) is 0. The molecule has 0 aliphatic carbocycles. The van der Waals surface area contributed by atoms with Crippen molar-refractivity contribution >= 4 is 22.1 Å². The van der Waals surface area contributed by atoms with E-state index in [0.29, 0.717) is 10.9 Å². The largest absolute Gasteiger partial charge is 0.433 e. The highest BCUT2D eigenvalue weighted by Gasteiger charge is 2.33. The third kappa shape index (κ3) is 2.54. The maximum atomic E-state index is 13.2. The first-order valence-electron chi connectivity index (χ1n) is 7.76. The Balaban J connectivity index is 2.22. The van der Waals surface area contributed by atoms with Crippen molar-refractivity contribution in [1.29, 1.82) is 5.26 Å². The maximum absolute atomic E-state index is 13.2. The highest BCUT2D eigenvalue weighted by molar-refractivity contribution is 6.01. The number of fused-ring (bicyclic) bond motifs is 3. The summed E-state index contributed by atoms with van der Waals surface area (Å²) in [5.74, 6) is 0. The van der Waals surface area contributed by atoms with Crippen LogP contribution in [-0.2, 0) is 13.2 Å². The van der Waals surface area contributed by atoms with E-state index in [-0.39, 0.29) is 22.4 Å². The van der Waals surface area contributed by atoms with Crippen molar-refractivity contribution in [2.24, 2.45) is 7.05 Å². The van der Waals surface area contributed by atoms with Crippen LogP contribution in [0.5, 0.6) is 0 Å². The standard InChI is InChI=1S/C18H10F3N5O/c1-25-9-23-14-15(25)12-5-6-13(18(19,20)21)24-16(12)26(17(14)27)11-4-2-3-10(7-11)8-22/h2-7,9H,1H3. The van der Waals surface area contributed by atoms with E-state index in [4.69, 9.17) is 5.26 Å². The van der Waals surface area contributed by atoms with Gasteiger partial charge < -0.3 is 4.57 Å². The molecule has 27 heavy (non-hydrogen) atoms. The zero-order valence-electron chi connectivity index (χ0n) is 13.8. The van der Waals surface area contributed by atoms with Crippen LogP contribution in [0.3, 0.4) is 0 Å². The van der Waals surface area contributed by atoms with Crippen LogP contribution in [0.15, 0.2) is 47.5 Å². The second kappa shape index (κ2) is 5.67. The Bertz CT molecular complexity index is 1310. The minimum absolute atomic E-state index is 0.105. The molecular formula is C18H10F3N5O. The number of imidazole rings is 1. The Kier molecular flexibility index (Phi) is 3.52. The number of nitrogens with zero attached hydrogens (tertiary/aromatic N) is 5. The summed E-state index contributed by atoms with van der Waals surface area (Å²) in [5.41, 5.74) is -0.871. The van der Waals surface area contributed by atoms with Gasteiger partial charge in [-0.3, -0.25) is 9.36 Å². The minimum Gasteiger partial charge on any atom is -0.333 e. The fourth-order valence-electron chi connectivity index (χ4n) is 3.02. The lowest BCUT2D eigenvalue weighted by molar-refractivity contribution is -0.141. The fraction of sp³-hybridized carbons (Fsp3) is 0.111. The van der Waals surface area contributed by atoms with Crippen LogP contribution in [-0.4, -0.2) is 19.1 Å². The molecule has 0 aliphatic heterocycles. The molecule has 0 amide bonds. The van der Waals surface area contributed by atoms with Gasteiger partial charge in [-0.25, -0.2) is 9.97 Å². The molecule has 0 spiro atoms. The van der Waals surface area contributed by atoms with Crippen molar-refractivity contribution in [3.8, 4) is 11.8 Å². The summed E-state index contributed by atoms with van der Waals surface area (Å²) < 4.78 is 42.2. The number of aromatic nitrogens is 4. The molecule has 0 saturated carbocycles. The lowest BCUT2D eigenvalue weighted by Gasteiger charge is -2.13. The van der Waals surface area contributed by atoms with Crippen molar-refractivity contribution < 1.29 is 13.2 Å². The Hall–Kier alpha value is -3.67. The van der Waals surface area contributed by atoms with Crippen molar-refractivity contribution in [3.63, 3.8) is 0 Å². The van der Waals surface area contributed by atoms with E-state index in [9.17, 15) is 18.0 Å². The topological polar surface area (TPSA) is 76.5 Å². The Morgan fingerprint density at radius 1 is 1.19 bits per heavy atom. The molecule has 0 fully saturated rings. The molecule has 0 N–H and O–H groups in total. The van der Waals surface area contributed by atoms with Crippen molar-refractivity contribution in [2.75, 3.05) is 0 Å². The van der Waals surface area contributed by atoms with Crippen molar-refractivity contribution in [2.45, 2.75) is 6.18 Å². The molecule has 1 aromatic carbocycles. The Morgan fingerprint density at radius 3 is 2.67 bits per heavy atom. The first-order chi connectivity index (χ1) is 12.8. The molecule has 0 saturated heterocycles. The van der Waals surface area contributed by atoms with Crippen molar-refractivity contribution in [3.05, 3.63) is 64.3 Å². The second-order valence-electron chi connectivity index (χ2n) is 5.92. The van der Waals surface area contributed by atoms with Crippen LogP contribution >= 0.6 is 0 Å². The summed E-state index contributed by atoms with van der Waals surface area (Å²) in [6, 6.07) is 10.1. The molecule has 3 aromatic heterocycles. The third-order valence-electron chi connectivity index (χ3n) is 4.21. The molecule has 0 aliphatic rings. The lowest BCUT2D eigenvalue weighted by Crippen LogP contribution is -2.21. The molecule has 9 heteroatoms. The summed E-state index contributed by atoms with van der Waals surface area (Å²) in [7, 11) is 1.65. The van der Waals surface area contributed by atoms with Crippen LogP contribution in [0.1, 0.15) is 11.3 Å². The van der Waals surface area contributed by atoms with E-state index in [1.54, 1.807) is 17.7 Å². The lowest BCUT2D eigenvalue weighted by atomic mass is 10.1. The average molecular weight is 369 g/mol. The molecule has 4 rings (SSSR count). The highest BCUT2D eigenvalue weighted by Crippen LogP contribution is 2.31. The van der Waals surface area contributed by atoms with Gasteiger partial charge in [-0.15, -0.1) is 0 Å². The maximum Gasteiger partial charge on any atom is 0.433 e. The zero-order valence-corrected chi connectivity index (χ0v) is 13.8. The van der Waals surface area contributed by atoms with Gasteiger partial charge in [0.25, 0.3) is 5.56 Å². The van der Waals surface area contributed by atoms with Crippen LogP contribution in [0.2, 0.25) is 0 Å². The van der Waals surface area contributed by atoms with E-state index in [1.165, 1.54) is 30.6 Å². The van der Waals surface area contributed by atoms with Gasteiger partial charge in [0.15, 0.2) is 5.52 Å². The normalized spacial score (nSPS) is 11.8. The SMILES string of the molecule is Cn1cnc2c(=O)n(-c3cccc(C#N)c3)c3nc(C(F)(F)F)ccc3c21. The smallest absolute Gasteiger partial charge is 0.333 e. The Morgan fingerprint density at radius 2 is 1.96 bits per heavy atom. The van der Waals surface area contributed by atoms with E-state index in [0.717, 1.165) is 10.6 Å². The third-order valence-corrected chi connectivity index (χ3v) is 4.21. The fourth-order valence-corrected chi connectivity index (χ4v) is 3.02. The van der Waals surface area contributed by atoms with Gasteiger partial charge in [0.1, 0.15) is 11.3 Å². The molecule has 0 unspecified atom stereocenters. The number of rotatable bonds is 1. The molecule has 0 radical (unpaired) electrons. The van der Waals surface area contributed by atoms with Gasteiger partial charge in [-0.05, 0) is 30.3 Å². The average Bonchev–Trinajstić information content (AvgIpc) is 3.03. The molecule has 0 bridgehead atoms. The first kappa shape index (κ1) is 16.8. The summed E-state index contributed by atoms with van der Waals surface area (Å²) in [6.45, 7) is 0. The number of benzene rings is 1. The molecule has 134 valence electrons. The van der Waals surface area contributed by atoms with Crippen molar-refractivity contribution in [1.82, 2.24) is 19.1 Å². The molecular weight excluding hydrogens is 359 g/mol. The number of halogens is 3. The van der Waals surface area contributed by atoms with E-state index in [1.807, 2.05) is 6.07 Å². The molecule has 0 atom stereocenters. The zero-order chi connectivity index (χ0) is 19.3. The predicted molar refractivity (Wildman–Crippen MR) is 91.3 cm³/mol. The van der Waals surface area contributed by atoms with Gasteiger partial charge >= 0.3 is 6.18 Å². The van der Waals surface area contributed by atoms with Gasteiger partial charge in [0.2, 0.25) is 0 Å². The molecule has 4 aromatic rings. The van der Waals surface area contributed by atoms with E-state index < -0.39 is 17.4 Å². The number of alkyl halides is 3. The number of hydrogen-bond acceptors (Lipinski definition) is 4. The van der Waals surface area contributed by atoms with Crippen LogP contribution < -0.4 is 5.56 Å². The molecule has 6 nitrogen and oxygen atoms in total. The van der Waals surface area contributed by atoms with E-state index >= 15 is 0 Å². The van der Waals surface area contributed by atoms with Gasteiger partial charge in [-0.2, -0.15) is 18.4 Å². The predicted octanol–water partition coefficient (Wildman–Crippen LogP) is 3.16. The minimum atomic E-state index is -4.66. The van der Waals surface area contributed by atoms with Crippen LogP contribution in [0, 0.1) is 11.3 Å². The number of aryl methyl sites for hydroxylation is 1. The first-order valence-corrected chi connectivity index (χ1v) is 7.76. The number of nitriles is 1. The highest BCUT2D eigenvalue weighted by atomic mass is 19.4. The quantitative estimate of drug-likeness (QED) is 0.516. The van der Waals surface area contributed by atoms with Crippen LogP contribution in [0.25, 0.3) is 27.8 Å². The van der Waals surface area contributed by atoms with Gasteiger partial charge in [0, 0.05) is 12.4 Å². The van der Waals surface area contributed by atoms with Gasteiger partial charge in [0.05, 0.1) is 29.2 Å². The van der Waals surface area contributed by atoms with Gasteiger partial charge in [-0.1, -0.05) is 6.07 Å². The summed E-state index contributed by atoms with van der Waals surface area (Å²) in [6.07, 6.45) is -3.25. The Labute approximate surface area is 149 Å². The van der Waals surface area contributed by atoms with E-state index in [2.05, 4.69) is 9.97 Å². The molecule has 3 heterocycles. The summed E-state index contributed by atoms with van der Waals surface area (Å²) in [4.78, 5) is 20.8. The van der Waals surface area contributed by atoms with Crippen LogP contribution in [0.4, 0.5) is 13.2 Å². The summed E-state index contributed by atoms with van der Waals surface area (Å²) >= 11 is 0. The monoisotopic (exact) mass is 369 g/mol. The summed E-state index contributed by atoms with van der Waals surface area (Å²) in [5, 5.41) is 9.45. The number of pyridine rings is 2. The second-order valence-corrected chi connectivity index (χ2v) is 5.92.